The van der Waals surface area contributed by atoms with E-state index in [1.165, 1.54) is 70.7 Å². The van der Waals surface area contributed by atoms with Gasteiger partial charge in [-0.15, -0.1) is 0 Å². The molecule has 49 heavy (non-hydrogen) atoms. The zero-order valence-electron chi connectivity index (χ0n) is 26.3. The quantitative estimate of drug-likeness (QED) is 0.188. The van der Waals surface area contributed by atoms with Gasteiger partial charge in [0.2, 0.25) is 0 Å². The van der Waals surface area contributed by atoms with Crippen molar-refractivity contribution in [1.29, 1.82) is 0 Å². The summed E-state index contributed by atoms with van der Waals surface area (Å²) >= 11 is 0. The van der Waals surface area contributed by atoms with Crippen molar-refractivity contribution in [3.05, 3.63) is 158 Å². The number of aromatic nitrogens is 2. The van der Waals surface area contributed by atoms with Crippen LogP contribution in [-0.4, -0.2) is 8.97 Å². The lowest BCUT2D eigenvalue weighted by Gasteiger charge is -2.12. The van der Waals surface area contributed by atoms with Gasteiger partial charge in [0.25, 0.3) is 0 Å². The van der Waals surface area contributed by atoms with Gasteiger partial charge in [0, 0.05) is 54.3 Å². The van der Waals surface area contributed by atoms with Gasteiger partial charge in [-0.25, -0.2) is 0 Å². The molecule has 4 aromatic heterocycles. The van der Waals surface area contributed by atoms with E-state index >= 15 is 0 Å². The molecule has 3 heteroatoms. The van der Waals surface area contributed by atoms with E-state index in [9.17, 15) is 0 Å². The third kappa shape index (κ3) is 3.22. The molecule has 0 radical (unpaired) electrons. The van der Waals surface area contributed by atoms with Crippen LogP contribution >= 0.6 is 0 Å². The minimum Gasteiger partial charge on any atom is -0.455 e. The van der Waals surface area contributed by atoms with Gasteiger partial charge in [-0.05, 0) is 64.9 Å². The SMILES string of the molecule is c1ccc2cc(-c3cc(-n4c5ccccc5c5c6c7ccccc7n7c8ccccc8c(cc54)c67)cc4c3oc3ccccc34)ccc2c1. The van der Waals surface area contributed by atoms with E-state index in [0.29, 0.717) is 0 Å². The van der Waals surface area contributed by atoms with Gasteiger partial charge in [-0.3, -0.25) is 0 Å². The van der Waals surface area contributed by atoms with Gasteiger partial charge >= 0.3 is 0 Å². The van der Waals surface area contributed by atoms with Crippen molar-refractivity contribution in [2.45, 2.75) is 0 Å². The maximum absolute atomic E-state index is 6.66. The molecule has 0 N–H and O–H groups in total. The number of furan rings is 1. The number of hydrogen-bond donors (Lipinski definition) is 0. The molecule has 0 aliphatic rings. The van der Waals surface area contributed by atoms with Crippen LogP contribution in [0, 0.1) is 0 Å². The second-order valence-electron chi connectivity index (χ2n) is 13.3. The maximum Gasteiger partial charge on any atom is 0.143 e. The van der Waals surface area contributed by atoms with Crippen LogP contribution in [0.1, 0.15) is 0 Å². The van der Waals surface area contributed by atoms with Gasteiger partial charge in [0.05, 0.1) is 27.6 Å². The molecule has 12 rings (SSSR count). The van der Waals surface area contributed by atoms with Crippen LogP contribution in [0.25, 0.3) is 109 Å². The first-order valence-corrected chi connectivity index (χ1v) is 16.9. The fourth-order valence-electron chi connectivity index (χ4n) is 8.75. The molecule has 3 nitrogen and oxygen atoms in total. The van der Waals surface area contributed by atoms with Crippen LogP contribution in [0.2, 0.25) is 0 Å². The number of para-hydroxylation sites is 4. The largest absolute Gasteiger partial charge is 0.455 e. The van der Waals surface area contributed by atoms with Crippen molar-refractivity contribution in [2.75, 3.05) is 0 Å². The Hall–Kier alpha value is -6.58. The van der Waals surface area contributed by atoms with Gasteiger partial charge in [0.15, 0.2) is 0 Å². The lowest BCUT2D eigenvalue weighted by atomic mass is 9.98. The average molecular weight is 623 g/mol. The summed E-state index contributed by atoms with van der Waals surface area (Å²) in [7, 11) is 0. The summed E-state index contributed by atoms with van der Waals surface area (Å²) in [5.41, 5.74) is 11.4. The van der Waals surface area contributed by atoms with Crippen LogP contribution in [0.15, 0.2) is 162 Å². The standard InChI is InChI=1S/C46H26N2O/c1-2-12-28-23-29(22-21-27(28)11-1)35-24-30(25-37-32-14-6-10-20-42(32)49-46(35)37)47-39-18-8-4-15-33(39)43-41(47)26-36-31-13-3-7-17-38(31)48-40-19-9-5-16-34(40)44(43)45(36)48/h1-26H. The zero-order valence-corrected chi connectivity index (χ0v) is 26.3. The molecule has 12 aromatic rings. The first-order chi connectivity index (χ1) is 24.3. The smallest absolute Gasteiger partial charge is 0.143 e. The summed E-state index contributed by atoms with van der Waals surface area (Å²) in [5.74, 6) is 0. The molecule has 0 aliphatic carbocycles. The molecule has 0 amide bonds. The Morgan fingerprint density at radius 1 is 0.408 bits per heavy atom. The van der Waals surface area contributed by atoms with Gasteiger partial charge < -0.3 is 13.4 Å². The summed E-state index contributed by atoms with van der Waals surface area (Å²) in [5, 5.41) is 12.4. The van der Waals surface area contributed by atoms with Crippen molar-refractivity contribution >= 4 is 92.6 Å². The zero-order chi connectivity index (χ0) is 31.8. The molecule has 0 atom stereocenters. The molecular formula is C46H26N2O. The first kappa shape index (κ1) is 25.5. The van der Waals surface area contributed by atoms with E-state index in [2.05, 4.69) is 167 Å². The Morgan fingerprint density at radius 2 is 1.06 bits per heavy atom. The van der Waals surface area contributed by atoms with Crippen LogP contribution in [0.3, 0.4) is 0 Å². The highest BCUT2D eigenvalue weighted by molar-refractivity contribution is 6.35. The summed E-state index contributed by atoms with van der Waals surface area (Å²) in [6.07, 6.45) is 0. The number of hydrogen-bond acceptors (Lipinski definition) is 1. The molecule has 0 spiro atoms. The number of benzene rings is 8. The Bertz CT molecular complexity index is 3340. The van der Waals surface area contributed by atoms with E-state index in [1.807, 2.05) is 0 Å². The van der Waals surface area contributed by atoms with Gasteiger partial charge in [-0.1, -0.05) is 109 Å². The molecule has 0 saturated carbocycles. The van der Waals surface area contributed by atoms with Crippen LogP contribution in [0.4, 0.5) is 0 Å². The van der Waals surface area contributed by atoms with Crippen LogP contribution in [0.5, 0.6) is 0 Å². The first-order valence-electron chi connectivity index (χ1n) is 16.9. The highest BCUT2D eigenvalue weighted by Gasteiger charge is 2.25. The topological polar surface area (TPSA) is 22.5 Å². The molecule has 0 saturated heterocycles. The lowest BCUT2D eigenvalue weighted by Crippen LogP contribution is -1.95. The fraction of sp³-hybridized carbons (Fsp3) is 0. The Kier molecular flexibility index (Phi) is 4.72. The Balaban J connectivity index is 1.29. The predicted octanol–water partition coefficient (Wildman–Crippen LogP) is 12.7. The molecule has 0 bridgehead atoms. The van der Waals surface area contributed by atoms with Crippen molar-refractivity contribution in [1.82, 2.24) is 8.97 Å². The summed E-state index contributed by atoms with van der Waals surface area (Å²) in [6.45, 7) is 0. The average Bonchev–Trinajstić information content (AvgIpc) is 3.89. The molecular weight excluding hydrogens is 597 g/mol. The minimum absolute atomic E-state index is 0.901. The Morgan fingerprint density at radius 3 is 1.90 bits per heavy atom. The number of fused-ring (bicyclic) bond motifs is 14. The molecule has 0 aliphatic heterocycles. The van der Waals surface area contributed by atoms with E-state index in [4.69, 9.17) is 4.42 Å². The van der Waals surface area contributed by atoms with Crippen LogP contribution < -0.4 is 0 Å². The predicted molar refractivity (Wildman–Crippen MR) is 206 cm³/mol. The van der Waals surface area contributed by atoms with Crippen LogP contribution in [-0.2, 0) is 0 Å². The van der Waals surface area contributed by atoms with E-state index in [0.717, 1.165) is 38.8 Å². The van der Waals surface area contributed by atoms with E-state index < -0.39 is 0 Å². The third-order valence-electron chi connectivity index (χ3n) is 10.8. The molecule has 0 fully saturated rings. The third-order valence-corrected chi connectivity index (χ3v) is 10.8. The Labute approximate surface area is 279 Å². The van der Waals surface area contributed by atoms with E-state index in [-0.39, 0.29) is 0 Å². The molecule has 4 heterocycles. The molecule has 226 valence electrons. The highest BCUT2D eigenvalue weighted by Crippen LogP contribution is 2.47. The monoisotopic (exact) mass is 622 g/mol. The summed E-state index contributed by atoms with van der Waals surface area (Å²) in [6, 6.07) is 57.4. The van der Waals surface area contributed by atoms with Crippen molar-refractivity contribution < 1.29 is 4.42 Å². The second-order valence-corrected chi connectivity index (χ2v) is 13.3. The lowest BCUT2D eigenvalue weighted by molar-refractivity contribution is 0.670. The highest BCUT2D eigenvalue weighted by atomic mass is 16.3. The summed E-state index contributed by atoms with van der Waals surface area (Å²) in [4.78, 5) is 0. The maximum atomic E-state index is 6.66. The normalized spacial score (nSPS) is 12.5. The summed E-state index contributed by atoms with van der Waals surface area (Å²) < 4.78 is 11.6. The molecule has 8 aromatic carbocycles. The van der Waals surface area contributed by atoms with E-state index in [1.54, 1.807) is 0 Å². The van der Waals surface area contributed by atoms with Gasteiger partial charge in [-0.2, -0.15) is 0 Å². The van der Waals surface area contributed by atoms with Crippen molar-refractivity contribution in [3.63, 3.8) is 0 Å². The second kappa shape index (κ2) is 9.06. The number of nitrogens with zero attached hydrogens (tertiary/aromatic N) is 2. The number of rotatable bonds is 2. The van der Waals surface area contributed by atoms with Gasteiger partial charge in [0.1, 0.15) is 11.2 Å². The molecule has 0 unspecified atom stereocenters. The minimum atomic E-state index is 0.901. The fourth-order valence-corrected chi connectivity index (χ4v) is 8.75. The van der Waals surface area contributed by atoms with Crippen molar-refractivity contribution in [3.8, 4) is 16.8 Å². The van der Waals surface area contributed by atoms with Crippen molar-refractivity contribution in [2.24, 2.45) is 0 Å².